The van der Waals surface area contributed by atoms with Gasteiger partial charge in [0.2, 0.25) is 0 Å². The number of fused-ring (bicyclic) bond motifs is 5. The molecule has 0 N–H and O–H groups in total. The molecule has 1 spiro atoms. The van der Waals surface area contributed by atoms with Gasteiger partial charge in [0.05, 0.1) is 5.41 Å². The van der Waals surface area contributed by atoms with Gasteiger partial charge in [-0.05, 0) is 171 Å². The van der Waals surface area contributed by atoms with E-state index in [2.05, 4.69) is 261 Å². The minimum absolute atomic E-state index is 0.144. The highest BCUT2D eigenvalue weighted by atomic mass is 16.3. The Morgan fingerprint density at radius 1 is 0.338 bits per heavy atom. The van der Waals surface area contributed by atoms with E-state index in [0.717, 1.165) is 44.4 Å². The molecule has 0 aliphatic heterocycles. The van der Waals surface area contributed by atoms with Crippen LogP contribution in [-0.2, 0) is 10.8 Å². The summed E-state index contributed by atoms with van der Waals surface area (Å²) in [4.78, 5) is 2.51. The summed E-state index contributed by atoms with van der Waals surface area (Å²) in [6, 6.07) is 93.2. The number of benzene rings is 10. The minimum Gasteiger partial charge on any atom is -0.456 e. The Bertz CT molecular complexity index is 3750. The van der Waals surface area contributed by atoms with Crippen LogP contribution in [0.5, 0.6) is 0 Å². The van der Waals surface area contributed by atoms with Crippen molar-refractivity contribution in [3.05, 3.63) is 282 Å². The quantitative estimate of drug-likeness (QED) is 0.151. The van der Waals surface area contributed by atoms with Gasteiger partial charge in [-0.3, -0.25) is 0 Å². The highest BCUT2D eigenvalue weighted by Gasteiger charge is 2.61. The van der Waals surface area contributed by atoms with Crippen molar-refractivity contribution in [2.75, 3.05) is 4.90 Å². The van der Waals surface area contributed by atoms with Gasteiger partial charge in [0.1, 0.15) is 11.2 Å². The molecule has 3 aliphatic rings. The van der Waals surface area contributed by atoms with E-state index >= 15 is 0 Å². The van der Waals surface area contributed by atoms with E-state index < -0.39 is 5.41 Å². The van der Waals surface area contributed by atoms with E-state index in [-0.39, 0.29) is 5.41 Å². The maximum atomic E-state index is 6.38. The molecule has 2 nitrogen and oxygen atoms in total. The van der Waals surface area contributed by atoms with Crippen molar-refractivity contribution in [1.29, 1.82) is 0 Å². The van der Waals surface area contributed by atoms with Gasteiger partial charge in [0.25, 0.3) is 0 Å². The first kappa shape index (κ1) is 44.5. The number of hydrogen-bond donors (Lipinski definition) is 0. The second-order valence-corrected chi connectivity index (χ2v) is 21.9. The van der Waals surface area contributed by atoms with E-state index in [1.807, 2.05) is 6.07 Å². The molecule has 10 aromatic carbocycles. The first-order valence-corrected chi connectivity index (χ1v) is 26.9. The molecule has 1 heterocycles. The molecule has 0 saturated heterocycles. The van der Waals surface area contributed by atoms with Crippen molar-refractivity contribution in [2.24, 2.45) is 23.7 Å². The first-order valence-electron chi connectivity index (χ1n) is 26.9. The Labute approximate surface area is 435 Å². The average Bonchev–Trinajstić information content (AvgIpc) is 3.87. The fourth-order valence-electron chi connectivity index (χ4n) is 14.7. The van der Waals surface area contributed by atoms with E-state index in [1.54, 1.807) is 0 Å². The van der Waals surface area contributed by atoms with E-state index in [1.165, 1.54) is 87.0 Å². The van der Waals surface area contributed by atoms with Crippen molar-refractivity contribution in [2.45, 2.75) is 50.4 Å². The van der Waals surface area contributed by atoms with Crippen LogP contribution in [0.2, 0.25) is 0 Å². The largest absolute Gasteiger partial charge is 0.456 e. The Morgan fingerprint density at radius 3 is 1.34 bits per heavy atom. The fraction of sp³-hybridized carbons (Fsp3) is 0.167. The van der Waals surface area contributed by atoms with E-state index in [0.29, 0.717) is 23.7 Å². The third-order valence-electron chi connectivity index (χ3n) is 17.6. The molecule has 0 amide bonds. The van der Waals surface area contributed by atoms with Crippen LogP contribution in [0.4, 0.5) is 17.1 Å². The molecular weight excluding hydrogens is 895 g/mol. The SMILES string of the molecule is CC1CC2CC(C)CC(C1)C21c2ccccc2C(c2ccccc2)(c2ccccc2)c2ccc(N(c3ccc(-c4ccc(-c5ccccc5)cc4)cc3)c3ccc(-c4ccc5c(c4)oc4ccccc45)cc3)cc21. The van der Waals surface area contributed by atoms with Gasteiger partial charge < -0.3 is 9.32 Å². The Hall–Kier alpha value is -8.20. The molecule has 2 fully saturated rings. The van der Waals surface area contributed by atoms with Crippen LogP contribution in [0.1, 0.15) is 72.9 Å². The van der Waals surface area contributed by atoms with Crippen LogP contribution in [0.3, 0.4) is 0 Å². The lowest BCUT2D eigenvalue weighted by atomic mass is 9.41. The van der Waals surface area contributed by atoms with Crippen molar-refractivity contribution in [1.82, 2.24) is 0 Å². The minimum atomic E-state index is -0.521. The highest BCUT2D eigenvalue weighted by molar-refractivity contribution is 6.06. The van der Waals surface area contributed by atoms with Crippen molar-refractivity contribution < 1.29 is 4.42 Å². The van der Waals surface area contributed by atoms with Gasteiger partial charge in [-0.2, -0.15) is 0 Å². The van der Waals surface area contributed by atoms with Crippen LogP contribution in [0.25, 0.3) is 55.3 Å². The predicted octanol–water partition coefficient (Wildman–Crippen LogP) is 19.1. The molecule has 2 heteroatoms. The monoisotopic (exact) mass is 953 g/mol. The average molecular weight is 954 g/mol. The fourth-order valence-corrected chi connectivity index (χ4v) is 14.7. The lowest BCUT2D eigenvalue weighted by Crippen LogP contribution is -2.56. The van der Waals surface area contributed by atoms with Crippen molar-refractivity contribution >= 4 is 39.0 Å². The number of nitrogens with zero attached hydrogens (tertiary/aromatic N) is 1. The molecule has 1 aromatic heterocycles. The summed E-state index contributed by atoms with van der Waals surface area (Å²) in [6.07, 6.45) is 4.95. The van der Waals surface area contributed by atoms with E-state index in [9.17, 15) is 0 Å². The predicted molar refractivity (Wildman–Crippen MR) is 308 cm³/mol. The van der Waals surface area contributed by atoms with Gasteiger partial charge in [-0.25, -0.2) is 0 Å². The third kappa shape index (κ3) is 6.98. The zero-order chi connectivity index (χ0) is 49.4. The number of anilines is 3. The molecule has 11 aromatic rings. The third-order valence-corrected chi connectivity index (χ3v) is 17.6. The molecule has 14 rings (SSSR count). The zero-order valence-corrected chi connectivity index (χ0v) is 42.2. The molecule has 74 heavy (non-hydrogen) atoms. The first-order chi connectivity index (χ1) is 36.5. The summed E-state index contributed by atoms with van der Waals surface area (Å²) in [5.41, 5.74) is 20.2. The molecule has 358 valence electrons. The summed E-state index contributed by atoms with van der Waals surface area (Å²) in [5.74, 6) is 2.41. The van der Waals surface area contributed by atoms with Crippen LogP contribution < -0.4 is 4.90 Å². The number of rotatable bonds is 8. The Kier molecular flexibility index (Phi) is 10.7. The summed E-state index contributed by atoms with van der Waals surface area (Å²) in [7, 11) is 0. The second-order valence-electron chi connectivity index (χ2n) is 21.9. The topological polar surface area (TPSA) is 16.4 Å². The number of para-hydroxylation sites is 1. The smallest absolute Gasteiger partial charge is 0.136 e. The van der Waals surface area contributed by atoms with Crippen LogP contribution in [-0.4, -0.2) is 0 Å². The standard InChI is InChI=1S/C72H59NO/c1-48-42-58-44-49(2)45-59(43-48)72(58)66-24-14-13-23-65(66)71(56-18-8-4-9-19-56,57-20-10-5-11-21-57)67-41-39-62(47-68(67)72)73(60-35-30-53(31-36-60)52-28-26-51(27-29-52)50-16-6-3-7-17-50)61-37-32-54(33-38-61)55-34-40-64-63-22-12-15-25-69(63)74-70(64)46-55/h3-41,46-49,58-59H,42-45H2,1-2H3. The Morgan fingerprint density at radius 2 is 0.757 bits per heavy atom. The summed E-state index contributed by atoms with van der Waals surface area (Å²) < 4.78 is 6.38. The van der Waals surface area contributed by atoms with Gasteiger partial charge in [0.15, 0.2) is 0 Å². The van der Waals surface area contributed by atoms with Crippen LogP contribution >= 0.6 is 0 Å². The number of furan rings is 1. The van der Waals surface area contributed by atoms with Gasteiger partial charge in [-0.1, -0.05) is 208 Å². The molecular formula is C72H59NO. The summed E-state index contributed by atoms with van der Waals surface area (Å²) in [5, 5.41) is 2.29. The lowest BCUT2D eigenvalue weighted by Gasteiger charge is -2.62. The highest BCUT2D eigenvalue weighted by Crippen LogP contribution is 2.67. The second kappa shape index (κ2) is 17.8. The van der Waals surface area contributed by atoms with E-state index in [4.69, 9.17) is 4.42 Å². The van der Waals surface area contributed by atoms with Crippen LogP contribution in [0.15, 0.2) is 253 Å². The van der Waals surface area contributed by atoms with Crippen molar-refractivity contribution in [3.8, 4) is 33.4 Å². The van der Waals surface area contributed by atoms with Gasteiger partial charge in [0, 0.05) is 33.2 Å². The maximum absolute atomic E-state index is 6.38. The van der Waals surface area contributed by atoms with Gasteiger partial charge >= 0.3 is 0 Å². The van der Waals surface area contributed by atoms with Crippen LogP contribution in [0, 0.1) is 23.7 Å². The molecule has 0 unspecified atom stereocenters. The van der Waals surface area contributed by atoms with Crippen molar-refractivity contribution in [3.63, 3.8) is 0 Å². The molecule has 2 bridgehead atoms. The van der Waals surface area contributed by atoms with Gasteiger partial charge in [-0.15, -0.1) is 0 Å². The zero-order valence-electron chi connectivity index (χ0n) is 42.2. The Balaban J connectivity index is 0.967. The summed E-state index contributed by atoms with van der Waals surface area (Å²) in [6.45, 7) is 5.04. The summed E-state index contributed by atoms with van der Waals surface area (Å²) >= 11 is 0. The normalized spacial score (nSPS) is 20.5. The molecule has 0 radical (unpaired) electrons. The maximum Gasteiger partial charge on any atom is 0.136 e. The molecule has 3 aliphatic carbocycles. The molecule has 0 atom stereocenters. The number of hydrogen-bond acceptors (Lipinski definition) is 2. The molecule has 2 saturated carbocycles. The lowest BCUT2D eigenvalue weighted by molar-refractivity contribution is 0.0238.